The SMILES string of the molecule is O=C1c2ccccc2C(=O)N1Cc1ccn2nc(-c3ccccc3)cc2n1. The molecule has 0 unspecified atom stereocenters. The van der Waals surface area contributed by atoms with Crippen LogP contribution in [0.1, 0.15) is 26.4 Å². The molecule has 0 spiro atoms. The van der Waals surface area contributed by atoms with E-state index < -0.39 is 0 Å². The first-order valence-electron chi connectivity index (χ1n) is 8.57. The second-order valence-electron chi connectivity index (χ2n) is 6.36. The van der Waals surface area contributed by atoms with E-state index in [1.54, 1.807) is 41.0 Å². The van der Waals surface area contributed by atoms with Gasteiger partial charge in [0.2, 0.25) is 0 Å². The van der Waals surface area contributed by atoms with Crippen molar-refractivity contribution >= 4 is 17.5 Å². The second kappa shape index (κ2) is 5.88. The van der Waals surface area contributed by atoms with Crippen LogP contribution >= 0.6 is 0 Å². The van der Waals surface area contributed by atoms with Gasteiger partial charge in [-0.1, -0.05) is 42.5 Å². The molecule has 1 aliphatic heterocycles. The Labute approximate surface area is 154 Å². The lowest BCUT2D eigenvalue weighted by atomic mass is 10.1. The fourth-order valence-corrected chi connectivity index (χ4v) is 3.30. The number of imide groups is 1. The van der Waals surface area contributed by atoms with Crippen LogP contribution in [-0.4, -0.2) is 31.3 Å². The molecule has 0 saturated heterocycles. The molecule has 2 aromatic heterocycles. The Kier molecular flexibility index (Phi) is 3.36. The third kappa shape index (κ3) is 2.50. The van der Waals surface area contributed by atoms with Crippen molar-refractivity contribution in [2.24, 2.45) is 0 Å². The van der Waals surface area contributed by atoms with Gasteiger partial charge in [0.1, 0.15) is 0 Å². The van der Waals surface area contributed by atoms with E-state index in [0.717, 1.165) is 11.3 Å². The molecule has 5 rings (SSSR count). The van der Waals surface area contributed by atoms with E-state index >= 15 is 0 Å². The Balaban J connectivity index is 1.46. The van der Waals surface area contributed by atoms with E-state index in [4.69, 9.17) is 0 Å². The van der Waals surface area contributed by atoms with Crippen molar-refractivity contribution in [3.63, 3.8) is 0 Å². The molecular weight excluding hydrogens is 340 g/mol. The van der Waals surface area contributed by atoms with E-state index in [1.165, 1.54) is 4.90 Å². The predicted octanol–water partition coefficient (Wildman–Crippen LogP) is 3.19. The number of carbonyl (C=O) groups is 2. The second-order valence-corrected chi connectivity index (χ2v) is 6.36. The topological polar surface area (TPSA) is 67.6 Å². The van der Waals surface area contributed by atoms with Crippen LogP contribution in [-0.2, 0) is 6.54 Å². The standard InChI is InChI=1S/C21H14N4O2/c26-20-16-8-4-5-9-17(16)21(27)24(20)13-15-10-11-25-19(22-15)12-18(23-25)14-6-2-1-3-7-14/h1-12H,13H2. The molecule has 2 amide bonds. The molecule has 0 aliphatic carbocycles. The Morgan fingerprint density at radius 2 is 1.48 bits per heavy atom. The minimum atomic E-state index is -0.282. The Hall–Kier alpha value is -3.80. The lowest BCUT2D eigenvalue weighted by molar-refractivity contribution is 0.0640. The number of aromatic nitrogens is 3. The summed E-state index contributed by atoms with van der Waals surface area (Å²) >= 11 is 0. The molecule has 0 bridgehead atoms. The van der Waals surface area contributed by atoms with E-state index in [-0.39, 0.29) is 18.4 Å². The maximum atomic E-state index is 12.5. The van der Waals surface area contributed by atoms with E-state index in [0.29, 0.717) is 22.5 Å². The molecule has 4 aromatic rings. The molecule has 3 heterocycles. The van der Waals surface area contributed by atoms with Crippen LogP contribution < -0.4 is 0 Å². The summed E-state index contributed by atoms with van der Waals surface area (Å²) in [5.41, 5.74) is 4.02. The summed E-state index contributed by atoms with van der Waals surface area (Å²) < 4.78 is 1.69. The van der Waals surface area contributed by atoms with E-state index in [9.17, 15) is 9.59 Å². The van der Waals surface area contributed by atoms with Crippen molar-refractivity contribution < 1.29 is 9.59 Å². The fraction of sp³-hybridized carbons (Fsp3) is 0.0476. The minimum Gasteiger partial charge on any atom is -0.269 e. The third-order valence-electron chi connectivity index (χ3n) is 4.65. The number of amides is 2. The third-order valence-corrected chi connectivity index (χ3v) is 4.65. The van der Waals surface area contributed by atoms with Gasteiger partial charge >= 0.3 is 0 Å². The van der Waals surface area contributed by atoms with Crippen LogP contribution in [0.25, 0.3) is 16.9 Å². The zero-order valence-electron chi connectivity index (χ0n) is 14.2. The highest BCUT2D eigenvalue weighted by Gasteiger charge is 2.35. The summed E-state index contributed by atoms with van der Waals surface area (Å²) in [7, 11) is 0. The average molecular weight is 354 g/mol. The molecule has 0 saturated carbocycles. The molecule has 2 aromatic carbocycles. The van der Waals surface area contributed by atoms with E-state index in [1.807, 2.05) is 36.4 Å². The van der Waals surface area contributed by atoms with Gasteiger partial charge in [-0.25, -0.2) is 9.50 Å². The lowest BCUT2D eigenvalue weighted by Crippen LogP contribution is -2.29. The van der Waals surface area contributed by atoms with Gasteiger partial charge in [-0.15, -0.1) is 0 Å². The maximum absolute atomic E-state index is 12.5. The van der Waals surface area contributed by atoms with Gasteiger partial charge in [0.15, 0.2) is 5.65 Å². The van der Waals surface area contributed by atoms with Crippen molar-refractivity contribution in [2.75, 3.05) is 0 Å². The first kappa shape index (κ1) is 15.5. The molecule has 6 heteroatoms. The van der Waals surface area contributed by atoms with Crippen molar-refractivity contribution in [2.45, 2.75) is 6.54 Å². The molecule has 130 valence electrons. The Morgan fingerprint density at radius 3 is 2.19 bits per heavy atom. The summed E-state index contributed by atoms with van der Waals surface area (Å²) in [5, 5.41) is 4.52. The van der Waals surface area contributed by atoms with Crippen molar-refractivity contribution in [1.29, 1.82) is 0 Å². The number of benzene rings is 2. The zero-order valence-corrected chi connectivity index (χ0v) is 14.2. The largest absolute Gasteiger partial charge is 0.269 e. The molecular formula is C21H14N4O2. The maximum Gasteiger partial charge on any atom is 0.261 e. The summed E-state index contributed by atoms with van der Waals surface area (Å²) in [6.07, 6.45) is 1.79. The van der Waals surface area contributed by atoms with Gasteiger partial charge in [0.05, 0.1) is 29.1 Å². The average Bonchev–Trinajstić information content (AvgIpc) is 3.24. The van der Waals surface area contributed by atoms with Gasteiger partial charge < -0.3 is 0 Å². The molecule has 0 atom stereocenters. The fourth-order valence-electron chi connectivity index (χ4n) is 3.30. The van der Waals surface area contributed by atoms with Crippen molar-refractivity contribution in [1.82, 2.24) is 19.5 Å². The van der Waals surface area contributed by atoms with Gasteiger partial charge in [0, 0.05) is 17.8 Å². The van der Waals surface area contributed by atoms with Crippen LogP contribution in [0, 0.1) is 0 Å². The quantitative estimate of drug-likeness (QED) is 0.530. The first-order chi connectivity index (χ1) is 13.2. The first-order valence-corrected chi connectivity index (χ1v) is 8.57. The van der Waals surface area contributed by atoms with Crippen LogP contribution in [0.3, 0.4) is 0 Å². The highest BCUT2D eigenvalue weighted by Crippen LogP contribution is 2.24. The Morgan fingerprint density at radius 1 is 0.815 bits per heavy atom. The molecule has 1 aliphatic rings. The zero-order chi connectivity index (χ0) is 18.4. The van der Waals surface area contributed by atoms with Gasteiger partial charge in [0.25, 0.3) is 11.8 Å². The monoisotopic (exact) mass is 354 g/mol. The van der Waals surface area contributed by atoms with Crippen LogP contribution in [0.2, 0.25) is 0 Å². The number of nitrogens with zero attached hydrogens (tertiary/aromatic N) is 4. The minimum absolute atomic E-state index is 0.134. The number of hydrogen-bond acceptors (Lipinski definition) is 4. The molecule has 0 radical (unpaired) electrons. The van der Waals surface area contributed by atoms with Gasteiger partial charge in [-0.2, -0.15) is 5.10 Å². The smallest absolute Gasteiger partial charge is 0.261 e. The summed E-state index contributed by atoms with van der Waals surface area (Å²) in [6.45, 7) is 0.134. The van der Waals surface area contributed by atoms with Crippen molar-refractivity contribution in [3.05, 3.63) is 89.7 Å². The number of carbonyl (C=O) groups excluding carboxylic acids is 2. The summed E-state index contributed by atoms with van der Waals surface area (Å²) in [5.74, 6) is -0.563. The summed E-state index contributed by atoms with van der Waals surface area (Å²) in [4.78, 5) is 30.9. The molecule has 0 fully saturated rings. The molecule has 6 nitrogen and oxygen atoms in total. The molecule has 27 heavy (non-hydrogen) atoms. The van der Waals surface area contributed by atoms with Gasteiger partial charge in [-0.05, 0) is 18.2 Å². The summed E-state index contributed by atoms with van der Waals surface area (Å²) in [6, 6.07) is 20.4. The highest BCUT2D eigenvalue weighted by molar-refractivity contribution is 6.21. The predicted molar refractivity (Wildman–Crippen MR) is 99.1 cm³/mol. The normalized spacial score (nSPS) is 13.4. The Bertz CT molecular complexity index is 1160. The van der Waals surface area contributed by atoms with Crippen LogP contribution in [0.4, 0.5) is 0 Å². The van der Waals surface area contributed by atoms with E-state index in [2.05, 4.69) is 10.1 Å². The van der Waals surface area contributed by atoms with Crippen LogP contribution in [0.5, 0.6) is 0 Å². The number of hydrogen-bond donors (Lipinski definition) is 0. The van der Waals surface area contributed by atoms with Crippen molar-refractivity contribution in [3.8, 4) is 11.3 Å². The highest BCUT2D eigenvalue weighted by atomic mass is 16.2. The van der Waals surface area contributed by atoms with Crippen LogP contribution in [0.15, 0.2) is 72.9 Å². The van der Waals surface area contributed by atoms with Gasteiger partial charge in [-0.3, -0.25) is 14.5 Å². The number of rotatable bonds is 3. The lowest BCUT2D eigenvalue weighted by Gasteiger charge is -2.13. The molecule has 0 N–H and O–H groups in total. The number of fused-ring (bicyclic) bond motifs is 2.